The van der Waals surface area contributed by atoms with Gasteiger partial charge in [0, 0.05) is 25.2 Å². The lowest BCUT2D eigenvalue weighted by Gasteiger charge is -2.30. The third-order valence-corrected chi connectivity index (χ3v) is 4.57. The van der Waals surface area contributed by atoms with Gasteiger partial charge in [-0.3, -0.25) is 9.78 Å². The van der Waals surface area contributed by atoms with E-state index in [-0.39, 0.29) is 11.8 Å². The minimum Gasteiger partial charge on any atom is -0.337 e. The summed E-state index contributed by atoms with van der Waals surface area (Å²) in [6.07, 6.45) is 4.84. The molecular formula is C17H19N7O. The number of amides is 1. The van der Waals surface area contributed by atoms with Crippen LogP contribution in [0, 0.1) is 13.8 Å². The van der Waals surface area contributed by atoms with Crippen molar-refractivity contribution in [1.82, 2.24) is 34.7 Å². The molecule has 3 aromatic heterocycles. The van der Waals surface area contributed by atoms with E-state index in [0.29, 0.717) is 18.8 Å². The number of rotatable bonds is 2. The van der Waals surface area contributed by atoms with E-state index in [4.69, 9.17) is 0 Å². The van der Waals surface area contributed by atoms with Crippen LogP contribution in [-0.2, 0) is 0 Å². The smallest absolute Gasteiger partial charge is 0.274 e. The maximum absolute atomic E-state index is 12.5. The van der Waals surface area contributed by atoms with Gasteiger partial charge in [-0.2, -0.15) is 9.61 Å². The predicted molar refractivity (Wildman–Crippen MR) is 90.2 cm³/mol. The summed E-state index contributed by atoms with van der Waals surface area (Å²) in [6, 6.07) is 3.85. The highest BCUT2D eigenvalue weighted by Gasteiger charge is 2.28. The molecule has 4 rings (SSSR count). The Balaban J connectivity index is 1.48. The molecule has 1 saturated heterocycles. The van der Waals surface area contributed by atoms with Crippen LogP contribution in [0.1, 0.15) is 46.5 Å². The molecule has 1 fully saturated rings. The first-order chi connectivity index (χ1) is 12.1. The Labute approximate surface area is 144 Å². The Bertz CT molecular complexity index is 910. The molecule has 0 aromatic carbocycles. The van der Waals surface area contributed by atoms with Crippen LogP contribution in [0.3, 0.4) is 0 Å². The fourth-order valence-corrected chi connectivity index (χ4v) is 3.16. The second-order valence-corrected chi connectivity index (χ2v) is 6.41. The van der Waals surface area contributed by atoms with Crippen LogP contribution < -0.4 is 0 Å². The van der Waals surface area contributed by atoms with Gasteiger partial charge in [0.15, 0.2) is 11.5 Å². The molecule has 0 saturated carbocycles. The van der Waals surface area contributed by atoms with Crippen molar-refractivity contribution >= 4 is 11.6 Å². The highest BCUT2D eigenvalue weighted by molar-refractivity contribution is 5.92. The minimum absolute atomic E-state index is 0.0639. The summed E-state index contributed by atoms with van der Waals surface area (Å²) in [5.74, 6) is 1.06. The number of fused-ring (bicyclic) bond motifs is 1. The van der Waals surface area contributed by atoms with Gasteiger partial charge in [-0.25, -0.2) is 4.98 Å². The summed E-state index contributed by atoms with van der Waals surface area (Å²) < 4.78 is 1.82. The molecule has 1 aliphatic heterocycles. The fraction of sp³-hybridized carbons (Fsp3) is 0.412. The summed E-state index contributed by atoms with van der Waals surface area (Å²) in [7, 11) is 0. The number of carbonyl (C=O) groups is 1. The molecule has 1 aliphatic rings. The van der Waals surface area contributed by atoms with Crippen LogP contribution >= 0.6 is 0 Å². The molecule has 0 bridgehead atoms. The number of piperidine rings is 1. The summed E-state index contributed by atoms with van der Waals surface area (Å²) in [4.78, 5) is 22.7. The van der Waals surface area contributed by atoms with Crippen molar-refractivity contribution in [3.63, 3.8) is 0 Å². The van der Waals surface area contributed by atoms with Crippen LogP contribution in [-0.4, -0.2) is 53.7 Å². The fourth-order valence-electron chi connectivity index (χ4n) is 3.16. The Morgan fingerprint density at radius 3 is 2.56 bits per heavy atom. The van der Waals surface area contributed by atoms with Gasteiger partial charge in [0.2, 0.25) is 0 Å². The van der Waals surface area contributed by atoms with Crippen molar-refractivity contribution in [1.29, 1.82) is 0 Å². The predicted octanol–water partition coefficient (Wildman–Crippen LogP) is 1.55. The van der Waals surface area contributed by atoms with Crippen molar-refractivity contribution < 1.29 is 4.79 Å². The number of aromatic nitrogens is 6. The number of carbonyl (C=O) groups excluding carboxylic acids is 1. The van der Waals surface area contributed by atoms with Crippen molar-refractivity contribution in [2.75, 3.05) is 13.1 Å². The van der Waals surface area contributed by atoms with Gasteiger partial charge in [-0.1, -0.05) is 0 Å². The molecule has 0 aliphatic carbocycles. The Hall–Kier alpha value is -2.90. The summed E-state index contributed by atoms with van der Waals surface area (Å²) in [6.45, 7) is 5.14. The molecule has 0 atom stereocenters. The van der Waals surface area contributed by atoms with Gasteiger partial charge >= 0.3 is 0 Å². The average molecular weight is 337 g/mol. The minimum atomic E-state index is -0.0639. The van der Waals surface area contributed by atoms with Crippen molar-refractivity contribution in [2.24, 2.45) is 0 Å². The van der Waals surface area contributed by atoms with E-state index in [1.54, 1.807) is 12.4 Å². The van der Waals surface area contributed by atoms with Crippen molar-refractivity contribution in [3.05, 3.63) is 47.4 Å². The quantitative estimate of drug-likeness (QED) is 0.705. The SMILES string of the molecule is Cc1cnc(C(=O)N2CCC(c3nnc4ccc(C)nn34)CC2)cn1. The summed E-state index contributed by atoms with van der Waals surface area (Å²) >= 11 is 0. The van der Waals surface area contributed by atoms with E-state index in [2.05, 4.69) is 25.3 Å². The van der Waals surface area contributed by atoms with Crippen LogP contribution in [0.15, 0.2) is 24.5 Å². The first-order valence-electron chi connectivity index (χ1n) is 8.39. The zero-order valence-corrected chi connectivity index (χ0v) is 14.3. The van der Waals surface area contributed by atoms with Gasteiger partial charge in [0.05, 0.1) is 17.6 Å². The first-order valence-corrected chi connectivity index (χ1v) is 8.39. The monoisotopic (exact) mass is 337 g/mol. The lowest BCUT2D eigenvalue weighted by atomic mass is 9.96. The molecule has 25 heavy (non-hydrogen) atoms. The molecule has 4 heterocycles. The molecule has 8 nitrogen and oxygen atoms in total. The maximum atomic E-state index is 12.5. The third kappa shape index (κ3) is 2.95. The normalized spacial score (nSPS) is 15.7. The van der Waals surface area contributed by atoms with E-state index >= 15 is 0 Å². The van der Waals surface area contributed by atoms with E-state index in [1.165, 1.54) is 0 Å². The van der Waals surface area contributed by atoms with Gasteiger partial charge in [0.25, 0.3) is 5.91 Å². The lowest BCUT2D eigenvalue weighted by Crippen LogP contribution is -2.38. The molecule has 0 unspecified atom stereocenters. The van der Waals surface area contributed by atoms with Crippen LogP contribution in [0.2, 0.25) is 0 Å². The van der Waals surface area contributed by atoms with Crippen molar-refractivity contribution in [3.8, 4) is 0 Å². The first kappa shape index (κ1) is 15.6. The van der Waals surface area contributed by atoms with E-state index < -0.39 is 0 Å². The molecule has 1 amide bonds. The van der Waals surface area contributed by atoms with E-state index in [9.17, 15) is 4.79 Å². The Morgan fingerprint density at radius 1 is 1.04 bits per heavy atom. The Kier molecular flexibility index (Phi) is 3.87. The third-order valence-electron chi connectivity index (χ3n) is 4.57. The topological polar surface area (TPSA) is 89.2 Å². The van der Waals surface area contributed by atoms with E-state index in [0.717, 1.165) is 35.7 Å². The molecule has 0 radical (unpaired) electrons. The molecule has 0 spiro atoms. The number of aryl methyl sites for hydroxylation is 2. The zero-order chi connectivity index (χ0) is 17.4. The summed E-state index contributed by atoms with van der Waals surface area (Å²) in [5, 5.41) is 13.0. The van der Waals surface area contributed by atoms with Crippen LogP contribution in [0.25, 0.3) is 5.65 Å². The lowest BCUT2D eigenvalue weighted by molar-refractivity contribution is 0.0704. The maximum Gasteiger partial charge on any atom is 0.274 e. The number of hydrogen-bond acceptors (Lipinski definition) is 6. The molecular weight excluding hydrogens is 318 g/mol. The molecule has 0 N–H and O–H groups in total. The highest BCUT2D eigenvalue weighted by atomic mass is 16.2. The van der Waals surface area contributed by atoms with E-state index in [1.807, 2.05) is 35.4 Å². The number of nitrogens with zero attached hydrogens (tertiary/aromatic N) is 7. The molecule has 128 valence electrons. The average Bonchev–Trinajstić information content (AvgIpc) is 3.05. The largest absolute Gasteiger partial charge is 0.337 e. The van der Waals surface area contributed by atoms with Gasteiger partial charge in [-0.05, 0) is 38.8 Å². The van der Waals surface area contributed by atoms with Gasteiger partial charge in [0.1, 0.15) is 5.69 Å². The second kappa shape index (κ2) is 6.19. The summed E-state index contributed by atoms with van der Waals surface area (Å²) in [5.41, 5.74) is 2.89. The highest BCUT2D eigenvalue weighted by Crippen LogP contribution is 2.27. The number of hydrogen-bond donors (Lipinski definition) is 0. The molecule has 8 heteroatoms. The van der Waals surface area contributed by atoms with Gasteiger partial charge in [-0.15, -0.1) is 10.2 Å². The van der Waals surface area contributed by atoms with Crippen LogP contribution in [0.5, 0.6) is 0 Å². The zero-order valence-electron chi connectivity index (χ0n) is 14.3. The standard InChI is InChI=1S/C17H19N7O/c1-11-3-4-15-20-21-16(24(15)22-11)13-5-7-23(8-6-13)17(25)14-10-18-12(2)9-19-14/h3-4,9-10,13H,5-8H2,1-2H3. The van der Waals surface area contributed by atoms with Crippen LogP contribution in [0.4, 0.5) is 0 Å². The Morgan fingerprint density at radius 2 is 1.84 bits per heavy atom. The van der Waals surface area contributed by atoms with Gasteiger partial charge < -0.3 is 4.90 Å². The molecule has 3 aromatic rings. The number of likely N-dealkylation sites (tertiary alicyclic amines) is 1. The second-order valence-electron chi connectivity index (χ2n) is 6.41. The van der Waals surface area contributed by atoms with Crippen molar-refractivity contribution in [2.45, 2.75) is 32.6 Å².